The van der Waals surface area contributed by atoms with Crippen LogP contribution in [0.15, 0.2) is 18.2 Å². The lowest BCUT2D eigenvalue weighted by atomic mass is 10.1. The van der Waals surface area contributed by atoms with Crippen LogP contribution in [-0.4, -0.2) is 48.3 Å². The first-order valence-electron chi connectivity index (χ1n) is 6.49. The van der Waals surface area contributed by atoms with Gasteiger partial charge in [-0.2, -0.15) is 0 Å². The molecular weight excluding hydrogens is 278 g/mol. The van der Waals surface area contributed by atoms with Crippen LogP contribution >= 0.6 is 11.6 Å². The standard InChI is InChI=1S/C14H18ClN3O2/c1-17(2)14(20)12-4-3-7-18(12)13(19)10-6-5-9(16)8-11(10)15/h5-6,8,12H,3-4,7,16H2,1-2H3. The second kappa shape index (κ2) is 5.71. The van der Waals surface area contributed by atoms with E-state index in [0.29, 0.717) is 29.2 Å². The molecule has 108 valence electrons. The SMILES string of the molecule is CN(C)C(=O)C1CCCN1C(=O)c1ccc(N)cc1Cl. The van der Waals surface area contributed by atoms with Crippen LogP contribution in [0.3, 0.4) is 0 Å². The molecule has 1 atom stereocenters. The molecule has 1 aromatic carbocycles. The number of nitrogens with zero attached hydrogens (tertiary/aromatic N) is 2. The van der Waals surface area contributed by atoms with Crippen LogP contribution in [0, 0.1) is 0 Å². The van der Waals surface area contributed by atoms with Gasteiger partial charge in [0.2, 0.25) is 5.91 Å². The van der Waals surface area contributed by atoms with E-state index in [1.165, 1.54) is 4.90 Å². The predicted molar refractivity (Wildman–Crippen MR) is 78.6 cm³/mol. The molecule has 2 rings (SSSR count). The number of hydrogen-bond acceptors (Lipinski definition) is 3. The highest BCUT2D eigenvalue weighted by atomic mass is 35.5. The van der Waals surface area contributed by atoms with E-state index in [-0.39, 0.29) is 11.8 Å². The van der Waals surface area contributed by atoms with E-state index in [1.807, 2.05) is 0 Å². The maximum atomic E-state index is 12.5. The van der Waals surface area contributed by atoms with E-state index < -0.39 is 6.04 Å². The molecule has 5 nitrogen and oxygen atoms in total. The maximum absolute atomic E-state index is 12.5. The van der Waals surface area contributed by atoms with Crippen molar-refractivity contribution in [2.24, 2.45) is 0 Å². The highest BCUT2D eigenvalue weighted by Crippen LogP contribution is 2.26. The van der Waals surface area contributed by atoms with E-state index >= 15 is 0 Å². The number of halogens is 1. The molecule has 1 aliphatic heterocycles. The van der Waals surface area contributed by atoms with Gasteiger partial charge in [0.25, 0.3) is 5.91 Å². The van der Waals surface area contributed by atoms with E-state index in [4.69, 9.17) is 17.3 Å². The lowest BCUT2D eigenvalue weighted by Crippen LogP contribution is -2.45. The van der Waals surface area contributed by atoms with E-state index in [2.05, 4.69) is 0 Å². The molecule has 0 aliphatic carbocycles. The van der Waals surface area contributed by atoms with Gasteiger partial charge in [-0.25, -0.2) is 0 Å². The molecular formula is C14H18ClN3O2. The van der Waals surface area contributed by atoms with Gasteiger partial charge in [-0.15, -0.1) is 0 Å². The summed E-state index contributed by atoms with van der Waals surface area (Å²) in [7, 11) is 3.39. The molecule has 2 amide bonds. The highest BCUT2D eigenvalue weighted by molar-refractivity contribution is 6.34. The Bertz CT molecular complexity index is 545. The van der Waals surface area contributed by atoms with Gasteiger partial charge in [0, 0.05) is 26.3 Å². The van der Waals surface area contributed by atoms with Crippen molar-refractivity contribution in [1.82, 2.24) is 9.80 Å². The Balaban J connectivity index is 2.25. The Morgan fingerprint density at radius 3 is 2.70 bits per heavy atom. The molecule has 0 spiro atoms. The van der Waals surface area contributed by atoms with Gasteiger partial charge in [-0.05, 0) is 31.0 Å². The number of nitrogens with two attached hydrogens (primary N) is 1. The summed E-state index contributed by atoms with van der Waals surface area (Å²) < 4.78 is 0. The Kier molecular flexibility index (Phi) is 4.18. The third-order valence-electron chi connectivity index (χ3n) is 3.46. The molecule has 1 aromatic rings. The molecule has 0 aromatic heterocycles. The largest absolute Gasteiger partial charge is 0.399 e. The van der Waals surface area contributed by atoms with Crippen LogP contribution in [0.2, 0.25) is 5.02 Å². The minimum Gasteiger partial charge on any atom is -0.399 e. The van der Waals surface area contributed by atoms with Crippen molar-refractivity contribution in [1.29, 1.82) is 0 Å². The van der Waals surface area contributed by atoms with E-state index in [0.717, 1.165) is 6.42 Å². The molecule has 6 heteroatoms. The number of rotatable bonds is 2. The smallest absolute Gasteiger partial charge is 0.256 e. The van der Waals surface area contributed by atoms with Gasteiger partial charge >= 0.3 is 0 Å². The summed E-state index contributed by atoms with van der Waals surface area (Å²) in [5.41, 5.74) is 6.52. The third-order valence-corrected chi connectivity index (χ3v) is 3.78. The summed E-state index contributed by atoms with van der Waals surface area (Å²) in [6.07, 6.45) is 1.51. The average Bonchev–Trinajstić information content (AvgIpc) is 2.86. The van der Waals surface area contributed by atoms with Crippen molar-refractivity contribution in [3.8, 4) is 0 Å². The Hall–Kier alpha value is -1.75. The first kappa shape index (κ1) is 14.7. The molecule has 1 fully saturated rings. The number of benzene rings is 1. The normalized spacial score (nSPS) is 18.1. The van der Waals surface area contributed by atoms with Crippen molar-refractivity contribution >= 4 is 29.1 Å². The third kappa shape index (κ3) is 2.72. The minimum absolute atomic E-state index is 0.0533. The number of amides is 2. The summed E-state index contributed by atoms with van der Waals surface area (Å²) in [6.45, 7) is 0.573. The molecule has 1 saturated heterocycles. The molecule has 20 heavy (non-hydrogen) atoms. The summed E-state index contributed by atoms with van der Waals surface area (Å²) in [4.78, 5) is 27.8. The number of carbonyl (C=O) groups is 2. The predicted octanol–water partition coefficient (Wildman–Crippen LogP) is 1.61. The number of nitrogen functional groups attached to an aromatic ring is 1. The van der Waals surface area contributed by atoms with Gasteiger partial charge in [-0.3, -0.25) is 9.59 Å². The fourth-order valence-corrected chi connectivity index (χ4v) is 2.69. The zero-order valence-corrected chi connectivity index (χ0v) is 12.4. The summed E-state index contributed by atoms with van der Waals surface area (Å²) >= 11 is 6.07. The molecule has 2 N–H and O–H groups in total. The first-order valence-corrected chi connectivity index (χ1v) is 6.86. The summed E-state index contributed by atoms with van der Waals surface area (Å²) in [5, 5.41) is 0.318. The van der Waals surface area contributed by atoms with Crippen LogP contribution < -0.4 is 5.73 Å². The van der Waals surface area contributed by atoms with Crippen LogP contribution in [0.25, 0.3) is 0 Å². The lowest BCUT2D eigenvalue weighted by molar-refractivity contribution is -0.132. The van der Waals surface area contributed by atoms with Gasteiger partial charge in [0.1, 0.15) is 6.04 Å². The zero-order valence-electron chi connectivity index (χ0n) is 11.6. The molecule has 1 heterocycles. The fraction of sp³-hybridized carbons (Fsp3) is 0.429. The number of likely N-dealkylation sites (tertiary alicyclic amines) is 1. The first-order chi connectivity index (χ1) is 9.41. The van der Waals surface area contributed by atoms with E-state index in [9.17, 15) is 9.59 Å². The molecule has 0 saturated carbocycles. The summed E-state index contributed by atoms with van der Waals surface area (Å²) in [5.74, 6) is -0.268. The van der Waals surface area contributed by atoms with Crippen molar-refractivity contribution in [2.45, 2.75) is 18.9 Å². The summed E-state index contributed by atoms with van der Waals surface area (Å²) in [6, 6.07) is 4.40. The van der Waals surface area contributed by atoms with Crippen molar-refractivity contribution < 1.29 is 9.59 Å². The Morgan fingerprint density at radius 1 is 1.40 bits per heavy atom. The van der Waals surface area contributed by atoms with Crippen LogP contribution in [-0.2, 0) is 4.79 Å². The van der Waals surface area contributed by atoms with Gasteiger partial charge in [0.15, 0.2) is 0 Å². The van der Waals surface area contributed by atoms with Crippen molar-refractivity contribution in [3.63, 3.8) is 0 Å². The minimum atomic E-state index is -0.397. The monoisotopic (exact) mass is 295 g/mol. The molecule has 0 radical (unpaired) electrons. The fourth-order valence-electron chi connectivity index (χ4n) is 2.42. The topological polar surface area (TPSA) is 66.6 Å². The zero-order chi connectivity index (χ0) is 14.9. The number of anilines is 1. The second-order valence-electron chi connectivity index (χ2n) is 5.13. The van der Waals surface area contributed by atoms with Crippen molar-refractivity contribution in [2.75, 3.05) is 26.4 Å². The second-order valence-corrected chi connectivity index (χ2v) is 5.54. The lowest BCUT2D eigenvalue weighted by Gasteiger charge is -2.26. The van der Waals surface area contributed by atoms with Crippen LogP contribution in [0.1, 0.15) is 23.2 Å². The van der Waals surface area contributed by atoms with Gasteiger partial charge in [-0.1, -0.05) is 11.6 Å². The van der Waals surface area contributed by atoms with Crippen LogP contribution in [0.5, 0.6) is 0 Å². The Labute approximate surface area is 123 Å². The highest BCUT2D eigenvalue weighted by Gasteiger charge is 2.35. The molecule has 0 bridgehead atoms. The number of likely N-dealkylation sites (N-methyl/N-ethyl adjacent to an activating group) is 1. The number of carbonyl (C=O) groups excluding carboxylic acids is 2. The number of hydrogen-bond donors (Lipinski definition) is 1. The Morgan fingerprint density at radius 2 is 2.10 bits per heavy atom. The average molecular weight is 296 g/mol. The van der Waals surface area contributed by atoms with E-state index in [1.54, 1.807) is 37.2 Å². The quantitative estimate of drug-likeness (QED) is 0.843. The van der Waals surface area contributed by atoms with Crippen molar-refractivity contribution in [3.05, 3.63) is 28.8 Å². The van der Waals surface area contributed by atoms with Gasteiger partial charge in [0.05, 0.1) is 10.6 Å². The molecule has 1 aliphatic rings. The maximum Gasteiger partial charge on any atom is 0.256 e. The molecule has 1 unspecified atom stereocenters. The van der Waals surface area contributed by atoms with Crippen LogP contribution in [0.4, 0.5) is 5.69 Å². The van der Waals surface area contributed by atoms with Gasteiger partial charge < -0.3 is 15.5 Å².